The SMILES string of the molecule is CCCCN(C)C(=O)c1ccc(I)c(Cl)c1. The van der Waals surface area contributed by atoms with Crippen molar-refractivity contribution in [3.8, 4) is 0 Å². The van der Waals surface area contributed by atoms with Gasteiger partial charge in [0.15, 0.2) is 0 Å². The molecule has 0 aliphatic rings. The molecule has 0 spiro atoms. The van der Waals surface area contributed by atoms with Crippen LogP contribution in [0.2, 0.25) is 5.02 Å². The highest BCUT2D eigenvalue weighted by Gasteiger charge is 2.12. The lowest BCUT2D eigenvalue weighted by Gasteiger charge is -2.16. The first kappa shape index (κ1) is 13.8. The molecule has 4 heteroatoms. The topological polar surface area (TPSA) is 20.3 Å². The van der Waals surface area contributed by atoms with Gasteiger partial charge >= 0.3 is 0 Å². The third kappa shape index (κ3) is 3.63. The van der Waals surface area contributed by atoms with E-state index in [4.69, 9.17) is 11.6 Å². The summed E-state index contributed by atoms with van der Waals surface area (Å²) in [5, 5.41) is 0.635. The molecular weight excluding hydrogens is 336 g/mol. The second kappa shape index (κ2) is 6.45. The first-order chi connectivity index (χ1) is 7.56. The van der Waals surface area contributed by atoms with Crippen LogP contribution in [0.5, 0.6) is 0 Å². The van der Waals surface area contributed by atoms with E-state index in [1.165, 1.54) is 0 Å². The van der Waals surface area contributed by atoms with Crippen LogP contribution in [0.1, 0.15) is 30.1 Å². The van der Waals surface area contributed by atoms with Gasteiger partial charge in [0.2, 0.25) is 0 Å². The number of benzene rings is 1. The van der Waals surface area contributed by atoms with Crippen molar-refractivity contribution in [2.45, 2.75) is 19.8 Å². The molecule has 1 aromatic rings. The molecule has 1 aromatic carbocycles. The molecule has 88 valence electrons. The van der Waals surface area contributed by atoms with E-state index < -0.39 is 0 Å². The molecule has 0 unspecified atom stereocenters. The van der Waals surface area contributed by atoms with Crippen molar-refractivity contribution in [2.24, 2.45) is 0 Å². The predicted molar refractivity (Wildman–Crippen MR) is 76.0 cm³/mol. The Morgan fingerprint density at radius 2 is 2.19 bits per heavy atom. The predicted octanol–water partition coefficient (Wildman–Crippen LogP) is 3.82. The minimum absolute atomic E-state index is 0.0340. The van der Waals surface area contributed by atoms with Crippen LogP contribution in [-0.2, 0) is 0 Å². The highest BCUT2D eigenvalue weighted by molar-refractivity contribution is 14.1. The first-order valence-corrected chi connectivity index (χ1v) is 6.72. The Labute approximate surface area is 115 Å². The van der Waals surface area contributed by atoms with Crippen LogP contribution in [0.25, 0.3) is 0 Å². The van der Waals surface area contributed by atoms with Crippen molar-refractivity contribution in [3.05, 3.63) is 32.4 Å². The van der Waals surface area contributed by atoms with E-state index in [0.717, 1.165) is 23.0 Å². The van der Waals surface area contributed by atoms with Gasteiger partial charge in [0.05, 0.1) is 5.02 Å². The van der Waals surface area contributed by atoms with Crippen LogP contribution in [0.3, 0.4) is 0 Å². The van der Waals surface area contributed by atoms with Crippen molar-refractivity contribution in [1.82, 2.24) is 4.90 Å². The molecule has 2 nitrogen and oxygen atoms in total. The zero-order valence-electron chi connectivity index (χ0n) is 9.46. The van der Waals surface area contributed by atoms with E-state index in [-0.39, 0.29) is 5.91 Å². The average molecular weight is 352 g/mol. The Morgan fingerprint density at radius 3 is 2.75 bits per heavy atom. The second-order valence-corrected chi connectivity index (χ2v) is 5.28. The summed E-state index contributed by atoms with van der Waals surface area (Å²) in [6.07, 6.45) is 2.12. The quantitative estimate of drug-likeness (QED) is 0.755. The zero-order chi connectivity index (χ0) is 12.1. The van der Waals surface area contributed by atoms with E-state index >= 15 is 0 Å². The van der Waals surface area contributed by atoms with Crippen LogP contribution < -0.4 is 0 Å². The van der Waals surface area contributed by atoms with Crippen LogP contribution in [-0.4, -0.2) is 24.4 Å². The van der Waals surface area contributed by atoms with Gasteiger partial charge in [-0.25, -0.2) is 0 Å². The van der Waals surface area contributed by atoms with Gasteiger partial charge < -0.3 is 4.90 Å². The molecule has 0 saturated carbocycles. The molecule has 0 heterocycles. The summed E-state index contributed by atoms with van der Waals surface area (Å²) in [5.41, 5.74) is 0.656. The second-order valence-electron chi connectivity index (χ2n) is 3.71. The molecule has 0 aromatic heterocycles. The summed E-state index contributed by atoms with van der Waals surface area (Å²) in [6.45, 7) is 2.90. The monoisotopic (exact) mass is 351 g/mol. The lowest BCUT2D eigenvalue weighted by atomic mass is 10.2. The minimum atomic E-state index is 0.0340. The lowest BCUT2D eigenvalue weighted by Crippen LogP contribution is -2.27. The fourth-order valence-corrected chi connectivity index (χ4v) is 1.86. The summed E-state index contributed by atoms with van der Waals surface area (Å²) < 4.78 is 0.965. The maximum Gasteiger partial charge on any atom is 0.253 e. The number of nitrogens with zero attached hydrogens (tertiary/aromatic N) is 1. The summed E-state index contributed by atoms with van der Waals surface area (Å²) in [5.74, 6) is 0.0340. The van der Waals surface area contributed by atoms with Crippen molar-refractivity contribution in [2.75, 3.05) is 13.6 Å². The fourth-order valence-electron chi connectivity index (χ4n) is 1.35. The maximum absolute atomic E-state index is 12.0. The van der Waals surface area contributed by atoms with Crippen LogP contribution in [0, 0.1) is 3.57 Å². The summed E-state index contributed by atoms with van der Waals surface area (Å²) >= 11 is 8.14. The average Bonchev–Trinajstić information content (AvgIpc) is 2.28. The Hall–Kier alpha value is -0.290. The van der Waals surface area contributed by atoms with Crippen LogP contribution in [0.15, 0.2) is 18.2 Å². The van der Waals surface area contributed by atoms with Crippen molar-refractivity contribution in [3.63, 3.8) is 0 Å². The van der Waals surface area contributed by atoms with Crippen molar-refractivity contribution < 1.29 is 4.79 Å². The van der Waals surface area contributed by atoms with Gasteiger partial charge in [-0.1, -0.05) is 24.9 Å². The number of rotatable bonds is 4. The number of carbonyl (C=O) groups is 1. The molecule has 16 heavy (non-hydrogen) atoms. The molecule has 0 saturated heterocycles. The number of carbonyl (C=O) groups excluding carboxylic acids is 1. The van der Waals surface area contributed by atoms with E-state index in [1.54, 1.807) is 11.0 Å². The van der Waals surface area contributed by atoms with E-state index in [2.05, 4.69) is 29.5 Å². The Balaban J connectivity index is 2.76. The zero-order valence-corrected chi connectivity index (χ0v) is 12.4. The molecule has 0 radical (unpaired) electrons. The normalized spacial score (nSPS) is 10.2. The third-order valence-corrected chi connectivity index (χ3v) is 3.93. The molecule has 0 N–H and O–H groups in total. The number of hydrogen-bond donors (Lipinski definition) is 0. The molecule has 0 aliphatic carbocycles. The molecule has 0 aliphatic heterocycles. The highest BCUT2D eigenvalue weighted by Crippen LogP contribution is 2.20. The Morgan fingerprint density at radius 1 is 1.50 bits per heavy atom. The summed E-state index contributed by atoms with van der Waals surface area (Å²) in [6, 6.07) is 5.41. The molecule has 1 amide bonds. The summed E-state index contributed by atoms with van der Waals surface area (Å²) in [7, 11) is 1.82. The first-order valence-electron chi connectivity index (χ1n) is 5.26. The van der Waals surface area contributed by atoms with E-state index in [0.29, 0.717) is 10.6 Å². The van der Waals surface area contributed by atoms with Gasteiger partial charge in [0, 0.05) is 22.7 Å². The van der Waals surface area contributed by atoms with Gasteiger partial charge in [-0.3, -0.25) is 4.79 Å². The molecule has 0 atom stereocenters. The largest absolute Gasteiger partial charge is 0.342 e. The molecule has 0 fully saturated rings. The number of hydrogen-bond acceptors (Lipinski definition) is 1. The van der Waals surface area contributed by atoms with Crippen molar-refractivity contribution in [1.29, 1.82) is 0 Å². The van der Waals surface area contributed by atoms with Gasteiger partial charge in [-0.2, -0.15) is 0 Å². The smallest absolute Gasteiger partial charge is 0.253 e. The Kier molecular flexibility index (Phi) is 5.55. The van der Waals surface area contributed by atoms with Gasteiger partial charge in [0.25, 0.3) is 5.91 Å². The third-order valence-electron chi connectivity index (χ3n) is 2.36. The van der Waals surface area contributed by atoms with Crippen LogP contribution >= 0.6 is 34.2 Å². The highest BCUT2D eigenvalue weighted by atomic mass is 127. The Bertz CT molecular complexity index is 381. The van der Waals surface area contributed by atoms with E-state index in [9.17, 15) is 4.79 Å². The molecule has 1 rings (SSSR count). The minimum Gasteiger partial charge on any atom is -0.342 e. The van der Waals surface area contributed by atoms with E-state index in [1.807, 2.05) is 19.2 Å². The van der Waals surface area contributed by atoms with Crippen molar-refractivity contribution >= 4 is 40.1 Å². The maximum atomic E-state index is 12.0. The lowest BCUT2D eigenvalue weighted by molar-refractivity contribution is 0.0793. The number of halogens is 2. The number of amides is 1. The standard InChI is InChI=1S/C12H15ClINO/c1-3-4-7-15(2)12(16)9-5-6-11(14)10(13)8-9/h5-6,8H,3-4,7H2,1-2H3. The van der Waals surface area contributed by atoms with Gasteiger partial charge in [-0.05, 0) is 47.2 Å². The fraction of sp³-hybridized carbons (Fsp3) is 0.417. The summed E-state index contributed by atoms with van der Waals surface area (Å²) in [4.78, 5) is 13.7. The van der Waals surface area contributed by atoms with Crippen LogP contribution in [0.4, 0.5) is 0 Å². The van der Waals surface area contributed by atoms with Gasteiger partial charge in [0.1, 0.15) is 0 Å². The molecular formula is C12H15ClINO. The molecule has 0 bridgehead atoms. The van der Waals surface area contributed by atoms with Gasteiger partial charge in [-0.15, -0.1) is 0 Å². The number of unbranched alkanes of at least 4 members (excludes halogenated alkanes) is 1.